The molecule has 0 heterocycles. The SMILES string of the molecule is C.CC(=O)C(C(C)C)C(C)C.CC(C)C(C(=O)CC(C)(C)CS(C)(=O)=O)C(C)C.CC(C)C(C(=O)CCCCN(C)C)C(C)C.CC(C)C(C(=O)N(C)C)C(C)C.CC(C)NC(=O)C(C(C)C)C(C)C.CCN(CC)C(=O)C(C(C)C)C(C)C. The molecule has 0 aromatic carbocycles. The zero-order valence-electron chi connectivity index (χ0n) is 61.6. The molecule has 0 bridgehead atoms. The van der Waals surface area contributed by atoms with Crippen LogP contribution in [-0.4, -0.2) is 124 Å². The van der Waals surface area contributed by atoms with E-state index >= 15 is 0 Å². The van der Waals surface area contributed by atoms with Crippen LogP contribution in [0.3, 0.4) is 0 Å². The first-order valence-corrected chi connectivity index (χ1v) is 34.6. The lowest BCUT2D eigenvalue weighted by molar-refractivity contribution is -0.138. The molecule has 0 saturated carbocycles. The Morgan fingerprint density at radius 1 is 0.440 bits per heavy atom. The first-order chi connectivity index (χ1) is 37.4. The number of unbranched alkanes of at least 4 members (excludes halogenated alkanes) is 1. The number of nitrogens with zero attached hydrogens (tertiary/aromatic N) is 3. The van der Waals surface area contributed by atoms with E-state index in [1.807, 2.05) is 88.2 Å². The molecule has 1 N–H and O–H groups in total. The van der Waals surface area contributed by atoms with Crippen LogP contribution < -0.4 is 5.32 Å². The molecular formula is C71H148N4O8S. The lowest BCUT2D eigenvalue weighted by Crippen LogP contribution is -2.40. The second-order valence-electron chi connectivity index (χ2n) is 29.7. The van der Waals surface area contributed by atoms with Crippen LogP contribution in [0.1, 0.15) is 248 Å². The highest BCUT2D eigenvalue weighted by molar-refractivity contribution is 7.90. The third-order valence-electron chi connectivity index (χ3n) is 15.2. The maximum Gasteiger partial charge on any atom is 0.226 e. The summed E-state index contributed by atoms with van der Waals surface area (Å²) in [5, 5.41) is 2.97. The molecule has 3 amide bonds. The number of hydrogen-bond donors (Lipinski definition) is 1. The van der Waals surface area contributed by atoms with Gasteiger partial charge in [-0.05, 0) is 145 Å². The standard InChI is InChI=1S/C14H29NO.C14H28O3S.C12H25NO.C11H23NO.C10H21NO.C9H18O.CH4/c1-11(2)14(12(3)4)13(16)9-7-8-10-15(5)6;1-10(2)13(11(3)4)12(15)8-14(5,6)9-18(7,16)17;1-7-13(8-2)12(14)11(9(3)4)10(5)6;1-7(2)10(8(3)4)11(13)12-9(5)6;1-7(2)9(8(3)4)10(12)11(5)6;1-6(2)9(7(3)4)8(5)10;/h11-12,14H,7-10H2,1-6H3;10-11,13H,8-9H2,1-7H3;9-11H,7-8H2,1-6H3;7-10H,1-6H3,(H,12,13);7-9H,1-6H3;6-7,9H,1-5H3;1H4. The maximum atomic E-state index is 12.3. The number of carbonyl (C=O) groups excluding carboxylic acids is 6. The molecule has 0 aromatic heterocycles. The van der Waals surface area contributed by atoms with Crippen LogP contribution in [0.4, 0.5) is 0 Å². The third kappa shape index (κ3) is 45.6. The fraction of sp³-hybridized carbons (Fsp3) is 0.915. The van der Waals surface area contributed by atoms with E-state index in [-0.39, 0.29) is 72.3 Å². The average molecular weight is 1220 g/mol. The normalized spacial score (nSPS) is 12.0. The summed E-state index contributed by atoms with van der Waals surface area (Å²) in [7, 11) is 4.75. The zero-order valence-corrected chi connectivity index (χ0v) is 62.5. The van der Waals surface area contributed by atoms with Crippen molar-refractivity contribution in [3.63, 3.8) is 0 Å². The van der Waals surface area contributed by atoms with Gasteiger partial charge < -0.3 is 20.0 Å². The number of amides is 3. The van der Waals surface area contributed by atoms with Crippen molar-refractivity contribution in [2.75, 3.05) is 59.8 Å². The van der Waals surface area contributed by atoms with Crippen LogP contribution in [0.5, 0.6) is 0 Å². The fourth-order valence-corrected chi connectivity index (χ4v) is 14.0. The summed E-state index contributed by atoms with van der Waals surface area (Å²) in [6.07, 6.45) is 4.48. The molecule has 12 nitrogen and oxygen atoms in total. The van der Waals surface area contributed by atoms with Crippen molar-refractivity contribution in [2.45, 2.75) is 254 Å². The van der Waals surface area contributed by atoms with Gasteiger partial charge in [-0.15, -0.1) is 0 Å². The molecule has 0 aliphatic carbocycles. The first-order valence-electron chi connectivity index (χ1n) is 32.6. The van der Waals surface area contributed by atoms with Crippen molar-refractivity contribution >= 4 is 44.9 Å². The Morgan fingerprint density at radius 3 is 0.952 bits per heavy atom. The van der Waals surface area contributed by atoms with Gasteiger partial charge >= 0.3 is 0 Å². The van der Waals surface area contributed by atoms with E-state index in [1.54, 1.807) is 11.8 Å². The predicted molar refractivity (Wildman–Crippen MR) is 367 cm³/mol. The third-order valence-corrected chi connectivity index (χ3v) is 16.5. The van der Waals surface area contributed by atoms with Crippen molar-refractivity contribution in [1.82, 2.24) is 20.0 Å². The minimum Gasteiger partial charge on any atom is -0.354 e. The highest BCUT2D eigenvalue weighted by Gasteiger charge is 2.33. The summed E-state index contributed by atoms with van der Waals surface area (Å²) >= 11 is 0. The molecule has 0 rings (SSSR count). The number of ketones is 3. The van der Waals surface area contributed by atoms with Crippen LogP contribution in [0.25, 0.3) is 0 Å². The van der Waals surface area contributed by atoms with Crippen molar-refractivity contribution < 1.29 is 37.2 Å². The first kappa shape index (κ1) is 95.0. The van der Waals surface area contributed by atoms with E-state index in [0.717, 1.165) is 38.9 Å². The Balaban J connectivity index is -0.000000171. The van der Waals surface area contributed by atoms with Crippen molar-refractivity contribution in [1.29, 1.82) is 0 Å². The minimum atomic E-state index is -3.05. The number of rotatable bonds is 30. The molecule has 0 aromatic rings. The number of hydrogen-bond acceptors (Lipinski definition) is 9. The predicted octanol–water partition coefficient (Wildman–Crippen LogP) is 16.5. The summed E-state index contributed by atoms with van der Waals surface area (Å²) in [5.74, 6) is 7.87. The molecule has 0 unspecified atom stereocenters. The van der Waals surface area contributed by atoms with Crippen LogP contribution >= 0.6 is 0 Å². The topological polar surface area (TPSA) is 158 Å². The Bertz CT molecular complexity index is 1790. The van der Waals surface area contributed by atoms with Gasteiger partial charge in [0.15, 0.2) is 0 Å². The second-order valence-corrected chi connectivity index (χ2v) is 31.8. The highest BCUT2D eigenvalue weighted by atomic mass is 32.2. The molecule has 0 aliphatic rings. The molecule has 13 heteroatoms. The molecule has 84 heavy (non-hydrogen) atoms. The fourth-order valence-electron chi connectivity index (χ4n) is 12.5. The molecule has 506 valence electrons. The highest BCUT2D eigenvalue weighted by Crippen LogP contribution is 2.31. The molecule has 0 fully saturated rings. The van der Waals surface area contributed by atoms with Crippen molar-refractivity contribution in [2.24, 2.45) is 112 Å². The summed E-state index contributed by atoms with van der Waals surface area (Å²) in [6.45, 7) is 66.8. The number of sulfone groups is 1. The number of Topliss-reactive ketones (excluding diaryl/α,β-unsaturated/α-hetero) is 3. The maximum absolute atomic E-state index is 12.3. The van der Waals surface area contributed by atoms with E-state index in [1.165, 1.54) is 6.26 Å². The zero-order chi connectivity index (χ0) is 67.5. The van der Waals surface area contributed by atoms with Gasteiger partial charge in [-0.1, -0.05) is 187 Å². The van der Waals surface area contributed by atoms with E-state index < -0.39 is 15.3 Å². The minimum absolute atomic E-state index is 0. The summed E-state index contributed by atoms with van der Waals surface area (Å²) in [6, 6.07) is 0.243. The van der Waals surface area contributed by atoms with E-state index in [2.05, 4.69) is 163 Å². The summed E-state index contributed by atoms with van der Waals surface area (Å²) < 4.78 is 22.7. The van der Waals surface area contributed by atoms with Gasteiger partial charge in [-0.2, -0.15) is 0 Å². The molecular weight excluding hydrogens is 1070 g/mol. The Morgan fingerprint density at radius 2 is 0.738 bits per heavy atom. The van der Waals surface area contributed by atoms with Crippen LogP contribution in [-0.2, 0) is 38.6 Å². The molecule has 0 spiro atoms. The van der Waals surface area contributed by atoms with Crippen LogP contribution in [0.2, 0.25) is 0 Å². The summed E-state index contributed by atoms with van der Waals surface area (Å²) in [5.41, 5.74) is -0.479. The Labute approximate surface area is 525 Å². The quantitative estimate of drug-likeness (QED) is 0.0691. The Hall–Kier alpha value is -2.67. The van der Waals surface area contributed by atoms with E-state index in [0.29, 0.717) is 94.9 Å². The molecule has 0 radical (unpaired) electrons. The number of carbonyl (C=O) groups is 6. The van der Waals surface area contributed by atoms with Crippen molar-refractivity contribution in [3.8, 4) is 0 Å². The average Bonchev–Trinajstić information content (AvgIpc) is 3.23. The molecule has 0 aliphatic heterocycles. The van der Waals surface area contributed by atoms with Crippen molar-refractivity contribution in [3.05, 3.63) is 0 Å². The van der Waals surface area contributed by atoms with Gasteiger partial charge in [0.2, 0.25) is 17.7 Å². The van der Waals surface area contributed by atoms with Gasteiger partial charge in [0.25, 0.3) is 0 Å². The van der Waals surface area contributed by atoms with E-state index in [9.17, 15) is 37.2 Å². The Kier molecular flexibility index (Phi) is 54.6. The molecule has 0 saturated heterocycles. The van der Waals surface area contributed by atoms with Gasteiger partial charge in [0.1, 0.15) is 27.2 Å². The molecule has 0 atom stereocenters. The van der Waals surface area contributed by atoms with Gasteiger partial charge in [-0.25, -0.2) is 8.42 Å². The number of nitrogens with one attached hydrogen (secondary N) is 1. The monoisotopic (exact) mass is 1220 g/mol. The smallest absolute Gasteiger partial charge is 0.226 e. The van der Waals surface area contributed by atoms with Crippen LogP contribution in [0.15, 0.2) is 0 Å². The van der Waals surface area contributed by atoms with E-state index in [4.69, 9.17) is 0 Å². The van der Waals surface area contributed by atoms with Gasteiger partial charge in [-0.3, -0.25) is 28.8 Å². The second kappa shape index (κ2) is 48.3. The van der Waals surface area contributed by atoms with Gasteiger partial charge in [0.05, 0.1) is 5.75 Å². The lowest BCUT2D eigenvalue weighted by atomic mass is 9.76. The van der Waals surface area contributed by atoms with Crippen LogP contribution in [0, 0.1) is 112 Å². The summed E-state index contributed by atoms with van der Waals surface area (Å²) in [4.78, 5) is 76.7. The van der Waals surface area contributed by atoms with Gasteiger partial charge in [0, 0.05) is 87.8 Å². The lowest BCUT2D eigenvalue weighted by Gasteiger charge is -2.30. The largest absolute Gasteiger partial charge is 0.354 e.